The van der Waals surface area contributed by atoms with E-state index >= 15 is 0 Å². The summed E-state index contributed by atoms with van der Waals surface area (Å²) in [6, 6.07) is 7.48. The van der Waals surface area contributed by atoms with Gasteiger partial charge in [0.2, 0.25) is 0 Å². The molecule has 1 aromatic carbocycles. The molecule has 0 bridgehead atoms. The molecule has 1 heterocycles. The van der Waals surface area contributed by atoms with Crippen molar-refractivity contribution < 1.29 is 9.59 Å². The lowest BCUT2D eigenvalue weighted by Gasteiger charge is -2.29. The first-order valence-corrected chi connectivity index (χ1v) is 7.97. The number of hydrogen-bond donors (Lipinski definition) is 2. The molecule has 0 unspecified atom stereocenters. The topological polar surface area (TPSA) is 75.4 Å². The van der Waals surface area contributed by atoms with E-state index in [1.807, 2.05) is 23.1 Å². The molecule has 1 aliphatic carbocycles. The van der Waals surface area contributed by atoms with Crippen LogP contribution in [0.4, 0.5) is 10.5 Å². The minimum atomic E-state index is -0.781. The number of carbonyl (C=O) groups excluding carboxylic acids is 2. The lowest BCUT2D eigenvalue weighted by atomic mass is 9.78. The number of anilines is 1. The molecule has 0 aromatic heterocycles. The summed E-state index contributed by atoms with van der Waals surface area (Å²) in [6.45, 7) is 5.02. The van der Waals surface area contributed by atoms with Crippen LogP contribution in [0, 0.1) is 0 Å². The summed E-state index contributed by atoms with van der Waals surface area (Å²) in [5, 5.41) is 2.65. The number of fused-ring (bicyclic) bond motifs is 1. The van der Waals surface area contributed by atoms with Gasteiger partial charge in [-0.1, -0.05) is 32.0 Å². The van der Waals surface area contributed by atoms with E-state index in [4.69, 9.17) is 5.73 Å². The average Bonchev–Trinajstić information content (AvgIpc) is 3.21. The summed E-state index contributed by atoms with van der Waals surface area (Å²) in [5.41, 5.74) is 6.68. The van der Waals surface area contributed by atoms with Crippen molar-refractivity contribution in [3.05, 3.63) is 29.8 Å². The second kappa shape index (κ2) is 5.00. The van der Waals surface area contributed by atoms with Crippen LogP contribution in [0.25, 0.3) is 0 Å². The SMILES string of the molecule is CCC1(CC)CN(C(=O)C2(NC(N)=O)CC2)c2ccccc21. The zero-order valence-corrected chi connectivity index (χ0v) is 13.2. The Morgan fingerprint density at radius 1 is 1.23 bits per heavy atom. The zero-order valence-electron chi connectivity index (χ0n) is 13.2. The van der Waals surface area contributed by atoms with Crippen molar-refractivity contribution in [3.8, 4) is 0 Å². The molecule has 22 heavy (non-hydrogen) atoms. The first kappa shape index (κ1) is 14.9. The van der Waals surface area contributed by atoms with Crippen molar-refractivity contribution >= 4 is 17.6 Å². The minimum Gasteiger partial charge on any atom is -0.352 e. The molecule has 0 saturated heterocycles. The largest absolute Gasteiger partial charge is 0.352 e. The average molecular weight is 301 g/mol. The first-order valence-electron chi connectivity index (χ1n) is 7.97. The quantitative estimate of drug-likeness (QED) is 0.895. The van der Waals surface area contributed by atoms with E-state index in [-0.39, 0.29) is 11.3 Å². The van der Waals surface area contributed by atoms with Gasteiger partial charge in [-0.25, -0.2) is 4.79 Å². The van der Waals surface area contributed by atoms with Gasteiger partial charge in [0.15, 0.2) is 0 Å². The van der Waals surface area contributed by atoms with Crippen molar-refractivity contribution in [2.45, 2.75) is 50.5 Å². The molecule has 1 aliphatic heterocycles. The van der Waals surface area contributed by atoms with Crippen molar-refractivity contribution in [2.75, 3.05) is 11.4 Å². The summed E-state index contributed by atoms with van der Waals surface area (Å²) in [5.74, 6) is -0.0254. The summed E-state index contributed by atoms with van der Waals surface area (Å²) in [7, 11) is 0. The third-order valence-corrected chi connectivity index (χ3v) is 5.35. The number of rotatable bonds is 4. The number of nitrogens with two attached hydrogens (primary N) is 1. The molecule has 5 heteroatoms. The smallest absolute Gasteiger partial charge is 0.313 e. The number of nitrogens with zero attached hydrogens (tertiary/aromatic N) is 1. The number of nitrogens with one attached hydrogen (secondary N) is 1. The van der Waals surface area contributed by atoms with E-state index < -0.39 is 11.6 Å². The Balaban J connectivity index is 1.97. The fourth-order valence-electron chi connectivity index (χ4n) is 3.68. The van der Waals surface area contributed by atoms with Crippen LogP contribution in [-0.2, 0) is 10.2 Å². The van der Waals surface area contributed by atoms with Crippen LogP contribution in [-0.4, -0.2) is 24.0 Å². The highest BCUT2D eigenvalue weighted by Crippen LogP contribution is 2.48. The predicted molar refractivity (Wildman–Crippen MR) is 85.7 cm³/mol. The van der Waals surface area contributed by atoms with Gasteiger partial charge in [-0.3, -0.25) is 4.79 Å². The highest BCUT2D eigenvalue weighted by atomic mass is 16.2. The summed E-state index contributed by atoms with van der Waals surface area (Å²) >= 11 is 0. The molecule has 0 radical (unpaired) electrons. The van der Waals surface area contributed by atoms with E-state index in [2.05, 4.69) is 25.2 Å². The Morgan fingerprint density at radius 3 is 2.41 bits per heavy atom. The highest BCUT2D eigenvalue weighted by Gasteiger charge is 2.55. The number of benzene rings is 1. The molecule has 1 fully saturated rings. The van der Waals surface area contributed by atoms with Crippen LogP contribution < -0.4 is 16.0 Å². The van der Waals surface area contributed by atoms with Crippen LogP contribution in [0.3, 0.4) is 0 Å². The molecule has 1 aromatic rings. The standard InChI is InChI=1S/C17H23N3O2/c1-3-16(4-2)11-20(13-8-6-5-7-12(13)16)14(21)17(9-10-17)19-15(18)22/h5-8H,3-4,9-11H2,1-2H3,(H3,18,19,22). The number of carbonyl (C=O) groups is 2. The van der Waals surface area contributed by atoms with Crippen molar-refractivity contribution in [3.63, 3.8) is 0 Å². The number of hydrogen-bond acceptors (Lipinski definition) is 2. The third kappa shape index (κ3) is 2.07. The van der Waals surface area contributed by atoms with Gasteiger partial charge in [-0.2, -0.15) is 0 Å². The maximum atomic E-state index is 13.0. The van der Waals surface area contributed by atoms with Crippen LogP contribution in [0.2, 0.25) is 0 Å². The second-order valence-electron chi connectivity index (χ2n) is 6.47. The Bertz CT molecular complexity index is 618. The van der Waals surface area contributed by atoms with E-state index in [1.165, 1.54) is 5.56 Å². The van der Waals surface area contributed by atoms with E-state index in [0.717, 1.165) is 18.5 Å². The van der Waals surface area contributed by atoms with Crippen LogP contribution in [0.5, 0.6) is 0 Å². The minimum absolute atomic E-state index is 0.00899. The molecule has 2 aliphatic rings. The molecule has 3 N–H and O–H groups in total. The molecular weight excluding hydrogens is 278 g/mol. The van der Waals surface area contributed by atoms with Crippen molar-refractivity contribution in [1.82, 2.24) is 5.32 Å². The first-order chi connectivity index (χ1) is 10.5. The summed E-state index contributed by atoms with van der Waals surface area (Å²) in [4.78, 5) is 26.1. The van der Waals surface area contributed by atoms with Gasteiger partial charge in [-0.05, 0) is 37.3 Å². The molecular formula is C17H23N3O2. The van der Waals surface area contributed by atoms with Gasteiger partial charge in [0.05, 0.1) is 0 Å². The Morgan fingerprint density at radius 2 is 1.86 bits per heavy atom. The van der Waals surface area contributed by atoms with E-state index in [1.54, 1.807) is 0 Å². The van der Waals surface area contributed by atoms with Crippen LogP contribution in [0.1, 0.15) is 45.1 Å². The predicted octanol–water partition coefficient (Wildman–Crippen LogP) is 2.29. The van der Waals surface area contributed by atoms with Crippen LogP contribution >= 0.6 is 0 Å². The summed E-state index contributed by atoms with van der Waals surface area (Å²) < 4.78 is 0. The van der Waals surface area contributed by atoms with Crippen molar-refractivity contribution in [1.29, 1.82) is 0 Å². The molecule has 1 saturated carbocycles. The fraction of sp³-hybridized carbons (Fsp3) is 0.529. The number of amides is 3. The van der Waals surface area contributed by atoms with E-state index in [0.29, 0.717) is 19.4 Å². The van der Waals surface area contributed by atoms with Gasteiger partial charge in [-0.15, -0.1) is 0 Å². The molecule has 0 atom stereocenters. The van der Waals surface area contributed by atoms with Gasteiger partial charge >= 0.3 is 6.03 Å². The fourth-order valence-corrected chi connectivity index (χ4v) is 3.68. The lowest BCUT2D eigenvalue weighted by Crippen LogP contribution is -2.53. The lowest BCUT2D eigenvalue weighted by molar-refractivity contribution is -0.121. The van der Waals surface area contributed by atoms with Crippen molar-refractivity contribution in [2.24, 2.45) is 5.73 Å². The Hall–Kier alpha value is -2.04. The second-order valence-corrected chi connectivity index (χ2v) is 6.47. The molecule has 3 rings (SSSR count). The highest BCUT2D eigenvalue weighted by molar-refractivity contribution is 6.05. The molecule has 3 amide bonds. The van der Waals surface area contributed by atoms with Gasteiger partial charge in [0, 0.05) is 17.6 Å². The number of primary amides is 1. The summed E-state index contributed by atoms with van der Waals surface area (Å²) in [6.07, 6.45) is 3.30. The van der Waals surface area contributed by atoms with Gasteiger partial charge in [0.25, 0.3) is 5.91 Å². The maximum Gasteiger partial charge on any atom is 0.313 e. The Kier molecular flexibility index (Phi) is 3.38. The Labute approximate surface area is 130 Å². The maximum absolute atomic E-state index is 13.0. The third-order valence-electron chi connectivity index (χ3n) is 5.35. The van der Waals surface area contributed by atoms with Gasteiger partial charge in [0.1, 0.15) is 5.54 Å². The van der Waals surface area contributed by atoms with Gasteiger partial charge < -0.3 is 16.0 Å². The molecule has 0 spiro atoms. The van der Waals surface area contributed by atoms with Crippen LogP contribution in [0.15, 0.2) is 24.3 Å². The molecule has 118 valence electrons. The monoisotopic (exact) mass is 301 g/mol. The number of urea groups is 1. The van der Waals surface area contributed by atoms with E-state index in [9.17, 15) is 9.59 Å². The normalized spacial score (nSPS) is 20.4. The molecule has 5 nitrogen and oxygen atoms in total. The number of para-hydroxylation sites is 1. The zero-order chi connectivity index (χ0) is 16.0.